The lowest BCUT2D eigenvalue weighted by molar-refractivity contribution is -0.245. The standard InChI is InChI=1S/C36H61NO2/c1-30(2,3)22-28(39)37-36-17-12-23(32(6)18-19-32)29(36)24-10-11-26-33(7)15-14-27(38)31(4,5)25(33)13-16-35(26,9)34(24,8)20-21-36/h23-27,29,38H,10-22H2,1-9H3,(H,37,39)/t23-,24-,25+,26-,27+,29-,33+,34-,35-,36+/m1/s1. The number of aliphatic hydroxyl groups excluding tert-OH is 1. The van der Waals surface area contributed by atoms with Gasteiger partial charge in [-0.1, -0.05) is 62.3 Å². The van der Waals surface area contributed by atoms with E-state index in [0.717, 1.165) is 24.2 Å². The summed E-state index contributed by atoms with van der Waals surface area (Å²) in [7, 11) is 0. The first-order valence-corrected chi connectivity index (χ1v) is 16.9. The maximum Gasteiger partial charge on any atom is 0.220 e. The zero-order chi connectivity index (χ0) is 28.4. The van der Waals surface area contributed by atoms with Crippen LogP contribution in [0.15, 0.2) is 0 Å². The first-order chi connectivity index (χ1) is 17.9. The van der Waals surface area contributed by atoms with Gasteiger partial charge in [0.2, 0.25) is 5.91 Å². The summed E-state index contributed by atoms with van der Waals surface area (Å²) < 4.78 is 0. The Hall–Kier alpha value is -0.570. The van der Waals surface area contributed by atoms with Crippen molar-refractivity contribution in [2.75, 3.05) is 0 Å². The molecule has 0 heterocycles. The van der Waals surface area contributed by atoms with E-state index in [2.05, 4.69) is 67.6 Å². The quantitative estimate of drug-likeness (QED) is 0.377. The fourth-order valence-electron chi connectivity index (χ4n) is 13.0. The number of aliphatic hydroxyl groups is 1. The van der Waals surface area contributed by atoms with Crippen LogP contribution in [0.1, 0.15) is 146 Å². The number of carbonyl (C=O) groups is 1. The Morgan fingerprint density at radius 2 is 1.44 bits per heavy atom. The summed E-state index contributed by atoms with van der Waals surface area (Å²) in [6.07, 6.45) is 15.7. The molecule has 6 fully saturated rings. The number of carbonyl (C=O) groups excluding carboxylic acids is 1. The smallest absolute Gasteiger partial charge is 0.220 e. The predicted octanol–water partition coefficient (Wildman–Crippen LogP) is 8.53. The predicted molar refractivity (Wildman–Crippen MR) is 160 cm³/mol. The topological polar surface area (TPSA) is 49.3 Å². The van der Waals surface area contributed by atoms with E-state index in [4.69, 9.17) is 0 Å². The van der Waals surface area contributed by atoms with Gasteiger partial charge in [0.05, 0.1) is 6.10 Å². The van der Waals surface area contributed by atoms with Crippen molar-refractivity contribution >= 4 is 5.91 Å². The molecule has 0 radical (unpaired) electrons. The lowest BCUT2D eigenvalue weighted by atomic mass is 9.32. The summed E-state index contributed by atoms with van der Waals surface area (Å²) in [4.78, 5) is 13.5. The van der Waals surface area contributed by atoms with Gasteiger partial charge < -0.3 is 10.4 Å². The molecule has 39 heavy (non-hydrogen) atoms. The van der Waals surface area contributed by atoms with Crippen LogP contribution in [0, 0.1) is 62.1 Å². The van der Waals surface area contributed by atoms with E-state index in [1.165, 1.54) is 70.6 Å². The van der Waals surface area contributed by atoms with Crippen molar-refractivity contribution in [3.8, 4) is 0 Å². The Labute approximate surface area is 240 Å². The molecule has 0 bridgehead atoms. The van der Waals surface area contributed by atoms with Crippen molar-refractivity contribution in [3.05, 3.63) is 0 Å². The average Bonchev–Trinajstić information content (AvgIpc) is 3.44. The Balaban J connectivity index is 1.36. The fourth-order valence-corrected chi connectivity index (χ4v) is 13.0. The van der Waals surface area contributed by atoms with Crippen LogP contribution in [0.5, 0.6) is 0 Å². The average molecular weight is 540 g/mol. The second-order valence-corrected chi connectivity index (χ2v) is 18.8. The molecule has 6 aliphatic rings. The molecule has 0 saturated heterocycles. The fraction of sp³-hybridized carbons (Fsp3) is 0.972. The maximum atomic E-state index is 13.5. The third-order valence-corrected chi connectivity index (χ3v) is 15.4. The molecule has 0 spiro atoms. The van der Waals surface area contributed by atoms with Crippen LogP contribution in [-0.4, -0.2) is 22.7 Å². The van der Waals surface area contributed by atoms with Crippen LogP contribution >= 0.6 is 0 Å². The molecule has 10 atom stereocenters. The summed E-state index contributed by atoms with van der Waals surface area (Å²) >= 11 is 0. The highest BCUT2D eigenvalue weighted by Crippen LogP contribution is 2.77. The Kier molecular flexibility index (Phi) is 6.22. The molecular formula is C36H61NO2. The Morgan fingerprint density at radius 3 is 2.08 bits per heavy atom. The Bertz CT molecular complexity index is 1010. The van der Waals surface area contributed by atoms with Gasteiger partial charge in [-0.15, -0.1) is 0 Å². The number of rotatable bonds is 3. The largest absolute Gasteiger partial charge is 0.393 e. The number of nitrogens with one attached hydrogen (secondary N) is 1. The molecule has 1 amide bonds. The summed E-state index contributed by atoms with van der Waals surface area (Å²) in [5.74, 6) is 3.80. The van der Waals surface area contributed by atoms with E-state index < -0.39 is 0 Å². The maximum absolute atomic E-state index is 13.5. The molecule has 2 N–H and O–H groups in total. The molecule has 6 saturated carbocycles. The molecule has 6 rings (SSSR count). The van der Waals surface area contributed by atoms with Crippen LogP contribution in [0.3, 0.4) is 0 Å². The summed E-state index contributed by atoms with van der Waals surface area (Å²) in [5, 5.41) is 14.9. The van der Waals surface area contributed by atoms with E-state index in [-0.39, 0.29) is 22.5 Å². The second-order valence-electron chi connectivity index (χ2n) is 18.8. The Morgan fingerprint density at radius 1 is 0.744 bits per heavy atom. The molecule has 0 aromatic carbocycles. The molecule has 3 heteroatoms. The van der Waals surface area contributed by atoms with Crippen molar-refractivity contribution in [1.82, 2.24) is 5.32 Å². The van der Waals surface area contributed by atoms with Crippen molar-refractivity contribution in [1.29, 1.82) is 0 Å². The molecule has 6 aliphatic carbocycles. The van der Waals surface area contributed by atoms with Gasteiger partial charge in [-0.05, 0) is 139 Å². The molecular weight excluding hydrogens is 478 g/mol. The van der Waals surface area contributed by atoms with Crippen molar-refractivity contribution in [3.63, 3.8) is 0 Å². The number of amides is 1. The third kappa shape index (κ3) is 3.92. The molecule has 0 aliphatic heterocycles. The molecule has 222 valence electrons. The molecule has 0 unspecified atom stereocenters. The number of fused-ring (bicyclic) bond motifs is 7. The zero-order valence-electron chi connectivity index (χ0n) is 27.0. The highest BCUT2D eigenvalue weighted by molar-refractivity contribution is 5.77. The van der Waals surface area contributed by atoms with Crippen molar-refractivity contribution in [2.45, 2.75) is 157 Å². The van der Waals surface area contributed by atoms with E-state index >= 15 is 0 Å². The van der Waals surface area contributed by atoms with Gasteiger partial charge in [-0.2, -0.15) is 0 Å². The van der Waals surface area contributed by atoms with Crippen LogP contribution < -0.4 is 5.32 Å². The van der Waals surface area contributed by atoms with Gasteiger partial charge >= 0.3 is 0 Å². The van der Waals surface area contributed by atoms with Gasteiger partial charge in [0, 0.05) is 12.0 Å². The van der Waals surface area contributed by atoms with Gasteiger partial charge in [0.25, 0.3) is 0 Å². The molecule has 0 aromatic heterocycles. The molecule has 0 aromatic rings. The third-order valence-electron chi connectivity index (χ3n) is 15.4. The lowest BCUT2D eigenvalue weighted by Gasteiger charge is -2.73. The van der Waals surface area contributed by atoms with Gasteiger partial charge in [0.15, 0.2) is 0 Å². The van der Waals surface area contributed by atoms with E-state index in [1.54, 1.807) is 0 Å². The van der Waals surface area contributed by atoms with Gasteiger partial charge in [0.1, 0.15) is 0 Å². The molecule has 3 nitrogen and oxygen atoms in total. The monoisotopic (exact) mass is 539 g/mol. The van der Waals surface area contributed by atoms with E-state index in [9.17, 15) is 9.90 Å². The first-order valence-electron chi connectivity index (χ1n) is 16.9. The minimum absolute atomic E-state index is 0.0161. The second kappa shape index (κ2) is 8.50. The number of hydrogen-bond donors (Lipinski definition) is 2. The van der Waals surface area contributed by atoms with E-state index in [0.29, 0.717) is 45.8 Å². The van der Waals surface area contributed by atoms with Crippen LogP contribution in [0.4, 0.5) is 0 Å². The highest BCUT2D eigenvalue weighted by atomic mass is 16.3. The highest BCUT2D eigenvalue weighted by Gasteiger charge is 2.72. The minimum Gasteiger partial charge on any atom is -0.393 e. The lowest BCUT2D eigenvalue weighted by Crippen LogP contribution is -2.69. The summed E-state index contributed by atoms with van der Waals surface area (Å²) in [6, 6.07) is 0. The first kappa shape index (κ1) is 28.5. The summed E-state index contributed by atoms with van der Waals surface area (Å²) in [5.41, 5.74) is 1.58. The van der Waals surface area contributed by atoms with Crippen molar-refractivity contribution < 1.29 is 9.90 Å². The van der Waals surface area contributed by atoms with Crippen LogP contribution in [-0.2, 0) is 4.79 Å². The van der Waals surface area contributed by atoms with Crippen LogP contribution in [0.25, 0.3) is 0 Å². The minimum atomic E-state index is -0.155. The summed E-state index contributed by atoms with van der Waals surface area (Å²) in [6.45, 7) is 22.0. The van der Waals surface area contributed by atoms with Crippen LogP contribution in [0.2, 0.25) is 0 Å². The normalized spacial score (nSPS) is 51.6. The van der Waals surface area contributed by atoms with E-state index in [1.807, 2.05) is 0 Å². The van der Waals surface area contributed by atoms with Gasteiger partial charge in [-0.25, -0.2) is 0 Å². The SMILES string of the molecule is CC(C)(C)CC(=O)N[C@]12CC[C@@H](C3(C)CC3)[C@@H]1[C@H]1CC[C@@H]3[C@@]4(C)CC[C@H](O)C(C)(C)[C@@H]4CC[C@@]3(C)[C@]1(C)CC2. The number of hydrogen-bond acceptors (Lipinski definition) is 2. The van der Waals surface area contributed by atoms with Gasteiger partial charge in [-0.3, -0.25) is 4.79 Å². The van der Waals surface area contributed by atoms with Crippen molar-refractivity contribution in [2.24, 2.45) is 62.1 Å². The zero-order valence-corrected chi connectivity index (χ0v) is 27.0.